The van der Waals surface area contributed by atoms with Crippen molar-refractivity contribution in [2.75, 3.05) is 10.8 Å². The molecule has 23 heavy (non-hydrogen) atoms. The van der Waals surface area contributed by atoms with E-state index in [0.29, 0.717) is 10.7 Å². The second kappa shape index (κ2) is 8.96. The van der Waals surface area contributed by atoms with Gasteiger partial charge in [-0.05, 0) is 29.7 Å². The van der Waals surface area contributed by atoms with Gasteiger partial charge in [0, 0.05) is 5.08 Å². The molecular formula is C16H16N2O2S3. The van der Waals surface area contributed by atoms with E-state index >= 15 is 0 Å². The zero-order valence-corrected chi connectivity index (χ0v) is 15.1. The van der Waals surface area contributed by atoms with Crippen LogP contribution in [0, 0.1) is 11.3 Å². The minimum absolute atomic E-state index is 0.0203. The second-order valence-electron chi connectivity index (χ2n) is 4.65. The molecule has 120 valence electrons. The Balaban J connectivity index is 2.30. The molecule has 0 saturated heterocycles. The van der Waals surface area contributed by atoms with Gasteiger partial charge >= 0.3 is 5.97 Å². The van der Waals surface area contributed by atoms with Crippen molar-refractivity contribution in [3.63, 3.8) is 0 Å². The smallest absolute Gasteiger partial charge is 0.337 e. The summed E-state index contributed by atoms with van der Waals surface area (Å²) in [7, 11) is 0. The van der Waals surface area contributed by atoms with Gasteiger partial charge in [0.25, 0.3) is 0 Å². The Morgan fingerprint density at radius 3 is 2.96 bits per heavy atom. The zero-order chi connectivity index (χ0) is 16.7. The van der Waals surface area contributed by atoms with Gasteiger partial charge in [-0.2, -0.15) is 17.0 Å². The van der Waals surface area contributed by atoms with E-state index in [9.17, 15) is 15.2 Å². The van der Waals surface area contributed by atoms with E-state index in [2.05, 4.69) is 11.9 Å². The average Bonchev–Trinajstić information content (AvgIpc) is 3.08. The number of thioether (sulfide) groups is 2. The number of unbranched alkanes of at least 4 members (excludes halogenated alkanes) is 1. The van der Waals surface area contributed by atoms with Crippen molar-refractivity contribution in [1.82, 2.24) is 4.98 Å². The summed E-state index contributed by atoms with van der Waals surface area (Å²) in [6, 6.07) is 7.28. The molecule has 0 aromatic carbocycles. The van der Waals surface area contributed by atoms with Gasteiger partial charge in [-0.25, -0.2) is 9.78 Å². The first kappa shape index (κ1) is 17.9. The Morgan fingerprint density at radius 1 is 1.52 bits per heavy atom. The van der Waals surface area contributed by atoms with Gasteiger partial charge in [0.15, 0.2) is 0 Å². The topological polar surface area (TPSA) is 74.0 Å². The molecule has 0 aliphatic rings. The molecule has 2 heterocycles. The Bertz CT molecular complexity index is 709. The summed E-state index contributed by atoms with van der Waals surface area (Å²) in [4.78, 5) is 16.9. The predicted octanol–water partition coefficient (Wildman–Crippen LogP) is 4.96. The van der Waals surface area contributed by atoms with Crippen LogP contribution in [0.2, 0.25) is 0 Å². The number of hydrogen-bond acceptors (Lipinski definition) is 6. The molecule has 0 spiro atoms. The van der Waals surface area contributed by atoms with Gasteiger partial charge in [-0.15, -0.1) is 11.3 Å². The van der Waals surface area contributed by atoms with Gasteiger partial charge in [0.1, 0.15) is 11.1 Å². The van der Waals surface area contributed by atoms with E-state index in [1.165, 1.54) is 29.2 Å². The van der Waals surface area contributed by atoms with Crippen LogP contribution in [0.5, 0.6) is 0 Å². The number of hydrogen-bond donors (Lipinski definition) is 1. The highest BCUT2D eigenvalue weighted by atomic mass is 32.2. The van der Waals surface area contributed by atoms with Crippen LogP contribution in [-0.4, -0.2) is 26.9 Å². The summed E-state index contributed by atoms with van der Waals surface area (Å²) in [5, 5.41) is 21.9. The minimum atomic E-state index is -1.10. The number of thiophene rings is 1. The molecule has 0 atom stereocenters. The Kier molecular flexibility index (Phi) is 6.96. The van der Waals surface area contributed by atoms with Crippen molar-refractivity contribution in [3.05, 3.63) is 34.7 Å². The number of rotatable bonds is 8. The molecule has 0 fully saturated rings. The highest BCUT2D eigenvalue weighted by molar-refractivity contribution is 8.15. The van der Waals surface area contributed by atoms with Crippen LogP contribution in [0.15, 0.2) is 28.6 Å². The van der Waals surface area contributed by atoms with Crippen molar-refractivity contribution in [1.29, 1.82) is 5.26 Å². The van der Waals surface area contributed by atoms with E-state index in [1.807, 2.05) is 23.6 Å². The standard InChI is InChI=1S/C16H16N2O2S3/c1-2-3-6-21-10-23-15-12(9-17)11(16(19)20)8-13(18-15)14-5-4-7-22-14/h4-5,7-8H,2-3,6,10H2,1H3,(H,19,20). The Hall–Kier alpha value is -1.49. The summed E-state index contributed by atoms with van der Waals surface area (Å²) < 4.78 is 0. The summed E-state index contributed by atoms with van der Waals surface area (Å²) in [6.07, 6.45) is 2.30. The monoisotopic (exact) mass is 364 g/mol. The van der Waals surface area contributed by atoms with Crippen LogP contribution in [0.3, 0.4) is 0 Å². The van der Waals surface area contributed by atoms with Gasteiger partial charge < -0.3 is 5.11 Å². The number of carboxylic acid groups (broad SMARTS) is 1. The highest BCUT2D eigenvalue weighted by Gasteiger charge is 2.19. The first-order valence-corrected chi connectivity index (χ1v) is 10.1. The third-order valence-electron chi connectivity index (χ3n) is 3.02. The van der Waals surface area contributed by atoms with Crippen molar-refractivity contribution in [3.8, 4) is 16.6 Å². The highest BCUT2D eigenvalue weighted by Crippen LogP contribution is 2.32. The van der Waals surface area contributed by atoms with Crippen LogP contribution in [-0.2, 0) is 0 Å². The predicted molar refractivity (Wildman–Crippen MR) is 97.3 cm³/mol. The molecule has 0 unspecified atom stereocenters. The lowest BCUT2D eigenvalue weighted by Crippen LogP contribution is -2.04. The zero-order valence-electron chi connectivity index (χ0n) is 12.6. The lowest BCUT2D eigenvalue weighted by atomic mass is 10.1. The fourth-order valence-electron chi connectivity index (χ4n) is 1.86. The number of pyridine rings is 1. The van der Waals surface area contributed by atoms with Crippen LogP contribution in [0.4, 0.5) is 0 Å². The van der Waals surface area contributed by atoms with Crippen LogP contribution < -0.4 is 0 Å². The van der Waals surface area contributed by atoms with E-state index in [-0.39, 0.29) is 11.1 Å². The van der Waals surface area contributed by atoms with E-state index in [1.54, 1.807) is 11.8 Å². The molecular weight excluding hydrogens is 348 g/mol. The number of aromatic carboxylic acids is 1. The van der Waals surface area contributed by atoms with Gasteiger partial charge in [-0.3, -0.25) is 0 Å². The molecule has 2 aromatic rings. The normalized spacial score (nSPS) is 10.4. The van der Waals surface area contributed by atoms with Crippen molar-refractivity contribution in [2.45, 2.75) is 24.8 Å². The molecule has 0 aliphatic heterocycles. The summed E-state index contributed by atoms with van der Waals surface area (Å²) in [5.74, 6) is -0.0378. The first-order valence-electron chi connectivity index (χ1n) is 7.10. The van der Waals surface area contributed by atoms with Crippen LogP contribution in [0.1, 0.15) is 35.7 Å². The first-order chi connectivity index (χ1) is 11.2. The van der Waals surface area contributed by atoms with Crippen molar-refractivity contribution < 1.29 is 9.90 Å². The summed E-state index contributed by atoms with van der Waals surface area (Å²) in [6.45, 7) is 2.15. The lowest BCUT2D eigenvalue weighted by Gasteiger charge is -2.08. The number of carbonyl (C=O) groups is 1. The molecule has 2 rings (SSSR count). The molecule has 2 aromatic heterocycles. The third-order valence-corrected chi connectivity index (χ3v) is 6.20. The Morgan fingerprint density at radius 2 is 2.35 bits per heavy atom. The molecule has 0 saturated carbocycles. The van der Waals surface area contributed by atoms with Gasteiger partial charge in [-0.1, -0.05) is 31.2 Å². The lowest BCUT2D eigenvalue weighted by molar-refractivity contribution is 0.0696. The maximum atomic E-state index is 11.5. The molecule has 0 amide bonds. The van der Waals surface area contributed by atoms with Crippen molar-refractivity contribution >= 4 is 40.8 Å². The fourth-order valence-corrected chi connectivity index (χ4v) is 4.75. The molecule has 4 nitrogen and oxygen atoms in total. The molecule has 0 bridgehead atoms. The fraction of sp³-hybridized carbons (Fsp3) is 0.312. The van der Waals surface area contributed by atoms with E-state index < -0.39 is 5.97 Å². The SMILES string of the molecule is CCCCSCSc1nc(-c2cccs2)cc(C(=O)O)c1C#N. The molecule has 0 radical (unpaired) electrons. The largest absolute Gasteiger partial charge is 0.478 e. The number of nitriles is 1. The third kappa shape index (κ3) is 4.74. The molecule has 7 heteroatoms. The van der Waals surface area contributed by atoms with E-state index in [4.69, 9.17) is 0 Å². The van der Waals surface area contributed by atoms with Crippen LogP contribution >= 0.6 is 34.9 Å². The van der Waals surface area contributed by atoms with Gasteiger partial charge in [0.05, 0.1) is 21.7 Å². The maximum absolute atomic E-state index is 11.5. The Labute approximate surface area is 147 Å². The average molecular weight is 365 g/mol. The quantitative estimate of drug-likeness (QED) is 0.405. The number of nitrogens with zero attached hydrogens (tertiary/aromatic N) is 2. The maximum Gasteiger partial charge on any atom is 0.337 e. The minimum Gasteiger partial charge on any atom is -0.478 e. The summed E-state index contributed by atoms with van der Waals surface area (Å²) >= 11 is 4.71. The van der Waals surface area contributed by atoms with Crippen LogP contribution in [0.25, 0.3) is 10.6 Å². The second-order valence-corrected chi connectivity index (χ2v) is 8.04. The van der Waals surface area contributed by atoms with E-state index in [0.717, 1.165) is 28.6 Å². The van der Waals surface area contributed by atoms with Gasteiger partial charge in [0.2, 0.25) is 0 Å². The number of carboxylic acids is 1. The molecule has 0 aliphatic carbocycles. The summed E-state index contributed by atoms with van der Waals surface area (Å²) in [5.41, 5.74) is 0.781. The number of aromatic nitrogens is 1. The molecule has 1 N–H and O–H groups in total. The van der Waals surface area contributed by atoms with Crippen molar-refractivity contribution in [2.24, 2.45) is 0 Å².